The van der Waals surface area contributed by atoms with Crippen LogP contribution in [0.15, 0.2) is 36.4 Å². The summed E-state index contributed by atoms with van der Waals surface area (Å²) in [5.41, 5.74) is 2.22. The number of rotatable bonds is 4. The van der Waals surface area contributed by atoms with E-state index in [0.29, 0.717) is 5.69 Å². The van der Waals surface area contributed by atoms with Crippen molar-refractivity contribution in [3.63, 3.8) is 0 Å². The summed E-state index contributed by atoms with van der Waals surface area (Å²) in [5, 5.41) is 8.70. The van der Waals surface area contributed by atoms with E-state index in [1.54, 1.807) is 12.1 Å². The minimum atomic E-state index is -3.26. The summed E-state index contributed by atoms with van der Waals surface area (Å²) in [6.45, 7) is 2.08. The molecule has 0 bridgehead atoms. The molecule has 1 aromatic carbocycles. The first kappa shape index (κ1) is 16.7. The molecule has 6 nitrogen and oxygen atoms in total. The van der Waals surface area contributed by atoms with E-state index in [1.165, 1.54) is 25.7 Å². The van der Waals surface area contributed by atoms with Gasteiger partial charge >= 0.3 is 0 Å². The lowest BCUT2D eigenvalue weighted by Gasteiger charge is -2.20. The Morgan fingerprint density at radius 3 is 2.12 bits per heavy atom. The fourth-order valence-corrected chi connectivity index (χ4v) is 3.43. The van der Waals surface area contributed by atoms with Gasteiger partial charge in [-0.05, 0) is 37.1 Å². The highest BCUT2D eigenvalue weighted by atomic mass is 32.2. The predicted molar refractivity (Wildman–Crippen MR) is 96.6 cm³/mol. The van der Waals surface area contributed by atoms with E-state index in [9.17, 15) is 8.42 Å². The van der Waals surface area contributed by atoms with Crippen LogP contribution in [0.25, 0.3) is 11.3 Å². The van der Waals surface area contributed by atoms with Gasteiger partial charge < -0.3 is 4.90 Å². The molecule has 24 heavy (non-hydrogen) atoms. The normalized spacial score (nSPS) is 15.8. The van der Waals surface area contributed by atoms with Gasteiger partial charge in [0.15, 0.2) is 5.82 Å². The average Bonchev–Trinajstić information content (AvgIpc) is 2.84. The van der Waals surface area contributed by atoms with Crippen LogP contribution >= 0.6 is 0 Å². The number of sulfonamides is 1. The van der Waals surface area contributed by atoms with E-state index in [0.717, 1.165) is 36.4 Å². The zero-order chi connectivity index (χ0) is 17.0. The van der Waals surface area contributed by atoms with Crippen LogP contribution < -0.4 is 9.62 Å². The molecule has 1 aliphatic heterocycles. The molecule has 0 atom stereocenters. The predicted octanol–water partition coefficient (Wildman–Crippen LogP) is 2.90. The van der Waals surface area contributed by atoms with Crippen LogP contribution in [0.1, 0.15) is 25.7 Å². The minimum Gasteiger partial charge on any atom is -0.355 e. The van der Waals surface area contributed by atoms with E-state index >= 15 is 0 Å². The summed E-state index contributed by atoms with van der Waals surface area (Å²) in [5.74, 6) is 0.927. The van der Waals surface area contributed by atoms with Crippen LogP contribution in [0, 0.1) is 0 Å². The van der Waals surface area contributed by atoms with Crippen LogP contribution in [-0.4, -0.2) is 38.0 Å². The molecule has 1 aromatic heterocycles. The third-order valence-corrected chi connectivity index (χ3v) is 4.67. The van der Waals surface area contributed by atoms with E-state index in [4.69, 9.17) is 0 Å². The molecular formula is C17H22N4O2S. The molecule has 1 saturated heterocycles. The van der Waals surface area contributed by atoms with Crippen molar-refractivity contribution in [1.82, 2.24) is 10.2 Å². The molecule has 0 unspecified atom stereocenters. The maximum atomic E-state index is 11.2. The van der Waals surface area contributed by atoms with Crippen molar-refractivity contribution in [3.05, 3.63) is 36.4 Å². The van der Waals surface area contributed by atoms with Crippen molar-refractivity contribution < 1.29 is 8.42 Å². The minimum absolute atomic E-state index is 0.537. The number of aromatic nitrogens is 2. The summed E-state index contributed by atoms with van der Waals surface area (Å²) < 4.78 is 24.9. The Bertz CT molecular complexity index is 765. The molecule has 2 aromatic rings. The van der Waals surface area contributed by atoms with Gasteiger partial charge in [-0.3, -0.25) is 4.72 Å². The van der Waals surface area contributed by atoms with Gasteiger partial charge in [0, 0.05) is 24.3 Å². The van der Waals surface area contributed by atoms with Gasteiger partial charge in [-0.2, -0.15) is 0 Å². The molecule has 128 valence electrons. The highest BCUT2D eigenvalue weighted by Gasteiger charge is 2.12. The molecule has 0 saturated carbocycles. The number of hydrogen-bond acceptors (Lipinski definition) is 5. The van der Waals surface area contributed by atoms with Gasteiger partial charge in [0.05, 0.1) is 11.9 Å². The van der Waals surface area contributed by atoms with Crippen molar-refractivity contribution in [3.8, 4) is 11.3 Å². The van der Waals surface area contributed by atoms with E-state index in [2.05, 4.69) is 19.8 Å². The lowest BCUT2D eigenvalue weighted by molar-refractivity contribution is 0.607. The van der Waals surface area contributed by atoms with Crippen LogP contribution in [0.2, 0.25) is 0 Å². The zero-order valence-electron chi connectivity index (χ0n) is 13.8. The van der Waals surface area contributed by atoms with Crippen molar-refractivity contribution in [2.24, 2.45) is 0 Å². The highest BCUT2D eigenvalue weighted by Crippen LogP contribution is 2.22. The molecule has 0 spiro atoms. The summed E-state index contributed by atoms with van der Waals surface area (Å²) in [4.78, 5) is 2.29. The highest BCUT2D eigenvalue weighted by molar-refractivity contribution is 7.92. The topological polar surface area (TPSA) is 75.2 Å². The van der Waals surface area contributed by atoms with Gasteiger partial charge in [0.1, 0.15) is 0 Å². The Labute approximate surface area is 143 Å². The fourth-order valence-electron chi connectivity index (χ4n) is 2.87. The second-order valence-electron chi connectivity index (χ2n) is 6.13. The molecular weight excluding hydrogens is 324 g/mol. The van der Waals surface area contributed by atoms with E-state index in [-0.39, 0.29) is 0 Å². The first-order valence-corrected chi connectivity index (χ1v) is 10.1. The molecule has 2 heterocycles. The van der Waals surface area contributed by atoms with Gasteiger partial charge in [-0.25, -0.2) is 8.42 Å². The molecule has 3 rings (SSSR count). The SMILES string of the molecule is CS(=O)(=O)Nc1ccc(-c2ccc(N3CCCCCC3)nn2)cc1. The maximum absolute atomic E-state index is 11.2. The summed E-state index contributed by atoms with van der Waals surface area (Å²) in [6.07, 6.45) is 6.12. The van der Waals surface area contributed by atoms with Crippen LogP contribution in [0.3, 0.4) is 0 Å². The van der Waals surface area contributed by atoms with Crippen LogP contribution in [-0.2, 0) is 10.0 Å². The molecule has 1 fully saturated rings. The van der Waals surface area contributed by atoms with Crippen LogP contribution in [0.4, 0.5) is 11.5 Å². The second-order valence-corrected chi connectivity index (χ2v) is 7.88. The quantitative estimate of drug-likeness (QED) is 0.921. The lowest BCUT2D eigenvalue weighted by Crippen LogP contribution is -2.25. The Morgan fingerprint density at radius 2 is 1.58 bits per heavy atom. The van der Waals surface area contributed by atoms with Gasteiger partial charge in [0.2, 0.25) is 10.0 Å². The largest absolute Gasteiger partial charge is 0.355 e. The number of anilines is 2. The zero-order valence-corrected chi connectivity index (χ0v) is 14.6. The summed E-state index contributed by atoms with van der Waals surface area (Å²) >= 11 is 0. The lowest BCUT2D eigenvalue weighted by atomic mass is 10.1. The summed E-state index contributed by atoms with van der Waals surface area (Å²) in [7, 11) is -3.26. The number of benzene rings is 1. The number of nitrogens with zero attached hydrogens (tertiary/aromatic N) is 3. The third kappa shape index (κ3) is 4.44. The van der Waals surface area contributed by atoms with E-state index in [1.807, 2.05) is 24.3 Å². The smallest absolute Gasteiger partial charge is 0.229 e. The first-order chi connectivity index (χ1) is 11.5. The molecule has 7 heteroatoms. The third-order valence-electron chi connectivity index (χ3n) is 4.06. The Balaban J connectivity index is 1.73. The van der Waals surface area contributed by atoms with Crippen LogP contribution in [0.5, 0.6) is 0 Å². The average molecular weight is 346 g/mol. The van der Waals surface area contributed by atoms with Crippen molar-refractivity contribution in [2.45, 2.75) is 25.7 Å². The number of hydrogen-bond donors (Lipinski definition) is 1. The fraction of sp³-hybridized carbons (Fsp3) is 0.412. The Morgan fingerprint density at radius 1 is 0.917 bits per heavy atom. The van der Waals surface area contributed by atoms with Gasteiger partial charge in [-0.15, -0.1) is 10.2 Å². The molecule has 1 aliphatic rings. The summed E-state index contributed by atoms with van der Waals surface area (Å²) in [6, 6.07) is 11.1. The molecule has 0 amide bonds. The van der Waals surface area contributed by atoms with Crippen molar-refractivity contribution in [2.75, 3.05) is 29.0 Å². The van der Waals surface area contributed by atoms with E-state index < -0.39 is 10.0 Å². The Hall–Kier alpha value is -2.15. The van der Waals surface area contributed by atoms with Crippen molar-refractivity contribution >= 4 is 21.5 Å². The second kappa shape index (κ2) is 7.17. The molecule has 0 radical (unpaired) electrons. The van der Waals surface area contributed by atoms with Gasteiger partial charge in [0.25, 0.3) is 0 Å². The first-order valence-electron chi connectivity index (χ1n) is 8.18. The van der Waals surface area contributed by atoms with Crippen molar-refractivity contribution in [1.29, 1.82) is 0 Å². The monoisotopic (exact) mass is 346 g/mol. The standard InChI is InChI=1S/C17H22N4O2S/c1-24(22,23)20-15-8-6-14(7-9-15)16-10-11-17(19-18-16)21-12-4-2-3-5-13-21/h6-11,20H,2-5,12-13H2,1H3. The number of nitrogens with one attached hydrogen (secondary N) is 1. The molecule has 0 aliphatic carbocycles. The maximum Gasteiger partial charge on any atom is 0.229 e. The Kier molecular flexibility index (Phi) is 4.99. The van der Waals surface area contributed by atoms with Gasteiger partial charge in [-0.1, -0.05) is 25.0 Å². The molecule has 1 N–H and O–H groups in total.